The Bertz CT molecular complexity index is 126. The Morgan fingerprint density at radius 2 is 1.90 bits per heavy atom. The fourth-order valence-electron chi connectivity index (χ4n) is 0.170. The van der Waals surface area contributed by atoms with E-state index in [1.54, 1.807) is 0 Å². The van der Waals surface area contributed by atoms with E-state index in [9.17, 15) is 9.59 Å². The summed E-state index contributed by atoms with van der Waals surface area (Å²) in [7, 11) is 0. The fourth-order valence-corrected chi connectivity index (χ4v) is 0.170. The van der Waals surface area contributed by atoms with Crippen molar-refractivity contribution in [2.75, 3.05) is 0 Å². The molecule has 0 aromatic carbocycles. The molecule has 0 amide bonds. The molecule has 0 aliphatic rings. The third-order valence-corrected chi connectivity index (χ3v) is 0.490. The minimum absolute atomic E-state index is 0. The van der Waals surface area contributed by atoms with Crippen LogP contribution in [0.5, 0.6) is 0 Å². The maximum Gasteiger partial charge on any atom is 2.00 e. The van der Waals surface area contributed by atoms with Crippen molar-refractivity contribution in [3.63, 3.8) is 0 Å². The molecule has 0 aromatic rings. The molecule has 0 atom stereocenters. The fraction of sp³-hybridized carbons (Fsp3) is 0.500. The first kappa shape index (κ1) is 17.5. The van der Waals surface area contributed by atoms with Crippen molar-refractivity contribution in [3.8, 4) is 0 Å². The van der Waals surface area contributed by atoms with Crippen LogP contribution in [0.2, 0.25) is 0 Å². The Labute approximate surface area is 124 Å². The van der Waals surface area contributed by atoms with Crippen molar-refractivity contribution in [2.45, 2.75) is 13.3 Å². The first-order chi connectivity index (χ1) is 3.66. The molecule has 0 aromatic heterocycles. The summed E-state index contributed by atoms with van der Waals surface area (Å²) in [5, 5.41) is 7.77. The second-order valence-corrected chi connectivity index (χ2v) is 1.09. The van der Waals surface area contributed by atoms with Gasteiger partial charge in [-0.3, -0.25) is 4.79 Å². The predicted octanol–water partition coefficient (Wildman–Crippen LogP) is 0.306. The largest absolute Gasteiger partial charge is 2.00 e. The monoisotopic (exact) mass is 202 g/mol. The second-order valence-electron chi connectivity index (χ2n) is 1.09. The maximum absolute atomic E-state index is 10.0. The van der Waals surface area contributed by atoms with Crippen LogP contribution < -0.4 is 0 Å². The third kappa shape index (κ3) is 12.2. The van der Waals surface area contributed by atoms with Gasteiger partial charge in [-0.25, -0.2) is 4.79 Å². The van der Waals surface area contributed by atoms with Gasteiger partial charge in [-0.1, -0.05) is 6.92 Å². The van der Waals surface area contributed by atoms with Crippen LogP contribution in [0.1, 0.15) is 19.1 Å². The first-order valence-electron chi connectivity index (χ1n) is 2.10. The molecule has 10 heavy (non-hydrogen) atoms. The number of ether oxygens (including phenoxy) is 1. The van der Waals surface area contributed by atoms with Gasteiger partial charge in [0.2, 0.25) is 0 Å². The van der Waals surface area contributed by atoms with Crippen LogP contribution in [0.4, 0.5) is 4.79 Å². The number of carbonyl (C=O) groups is 2. The molecule has 54 valence electrons. The topological polar surface area (TPSA) is 63.6 Å². The number of carboxylic acid groups (broad SMARTS) is 1. The molecule has 0 aliphatic heterocycles. The minimum atomic E-state index is -1.54. The van der Waals surface area contributed by atoms with E-state index in [1.165, 1.54) is 6.92 Å². The predicted molar refractivity (Wildman–Crippen MR) is 40.4 cm³/mol. The van der Waals surface area contributed by atoms with Crippen LogP contribution >= 0.6 is 0 Å². The van der Waals surface area contributed by atoms with Gasteiger partial charge < -0.3 is 15.5 Å². The number of rotatable bonds is 1. The molecule has 0 fully saturated rings. The first-order valence-corrected chi connectivity index (χ1v) is 2.10. The summed E-state index contributed by atoms with van der Waals surface area (Å²) >= 11 is 0. The van der Waals surface area contributed by atoms with Crippen LogP contribution in [0.15, 0.2) is 0 Å². The molecule has 4 nitrogen and oxygen atoms in total. The smallest absolute Gasteiger partial charge is 1.00 e. The molecule has 1 N–H and O–H groups in total. The van der Waals surface area contributed by atoms with Crippen molar-refractivity contribution in [2.24, 2.45) is 0 Å². The SMILES string of the molecule is CCC(=O)OC(=O)O.[Ca+2].[Ca+2].[H-].[H-].[H-].[H-]. The van der Waals surface area contributed by atoms with E-state index < -0.39 is 12.1 Å². The number of hydrogen-bond acceptors (Lipinski definition) is 3. The molecule has 0 saturated heterocycles. The van der Waals surface area contributed by atoms with E-state index in [0.717, 1.165) is 0 Å². The Morgan fingerprint density at radius 1 is 1.50 bits per heavy atom. The van der Waals surface area contributed by atoms with Gasteiger partial charge in [0, 0.05) is 6.42 Å². The summed E-state index contributed by atoms with van der Waals surface area (Å²) in [5.74, 6) is -0.725. The van der Waals surface area contributed by atoms with Crippen molar-refractivity contribution in [1.82, 2.24) is 0 Å². The number of hydrogen-bond donors (Lipinski definition) is 1. The van der Waals surface area contributed by atoms with Crippen LogP contribution in [-0.4, -0.2) is 92.7 Å². The molecule has 0 saturated carbocycles. The van der Waals surface area contributed by atoms with E-state index in [-0.39, 0.29) is 87.6 Å². The molecule has 0 rings (SSSR count). The zero-order valence-electron chi connectivity index (χ0n) is 9.79. The Balaban J connectivity index is -0.0000000163. The molecule has 0 heterocycles. The molecule has 0 spiro atoms. The average molecular weight is 202 g/mol. The van der Waals surface area contributed by atoms with Crippen LogP contribution in [0, 0.1) is 0 Å². The Kier molecular flexibility index (Phi) is 18.3. The summed E-state index contributed by atoms with van der Waals surface area (Å²) in [6, 6.07) is 0. The molecule has 0 unspecified atom stereocenters. The van der Waals surface area contributed by atoms with Gasteiger partial charge >= 0.3 is 87.6 Å². The van der Waals surface area contributed by atoms with Crippen LogP contribution in [-0.2, 0) is 9.53 Å². The molecule has 0 aliphatic carbocycles. The van der Waals surface area contributed by atoms with E-state index in [2.05, 4.69) is 4.74 Å². The van der Waals surface area contributed by atoms with Gasteiger partial charge in [0.05, 0.1) is 0 Å². The van der Waals surface area contributed by atoms with Crippen molar-refractivity contribution in [3.05, 3.63) is 0 Å². The van der Waals surface area contributed by atoms with Gasteiger partial charge in [0.15, 0.2) is 0 Å². The van der Waals surface area contributed by atoms with Gasteiger partial charge in [-0.15, -0.1) is 0 Å². The van der Waals surface area contributed by atoms with Gasteiger partial charge in [0.1, 0.15) is 0 Å². The third-order valence-electron chi connectivity index (χ3n) is 0.490. The standard InChI is InChI=1S/C4H6O4.2Ca.4H/c1-2-3(5)8-4(6)7;;;;;;/h2H2,1H3,(H,6,7);;;;;;/q;2*+2;4*-1. The van der Waals surface area contributed by atoms with Crippen LogP contribution in [0.25, 0.3) is 0 Å². The van der Waals surface area contributed by atoms with Crippen molar-refractivity contribution < 1.29 is 25.1 Å². The quantitative estimate of drug-likeness (QED) is 0.377. The zero-order valence-corrected chi connectivity index (χ0v) is 10.2. The van der Waals surface area contributed by atoms with E-state index in [4.69, 9.17) is 5.11 Å². The number of carbonyl (C=O) groups excluding carboxylic acids is 1. The molecule has 0 radical (unpaired) electrons. The summed E-state index contributed by atoms with van der Waals surface area (Å²) in [4.78, 5) is 19.5. The summed E-state index contributed by atoms with van der Waals surface area (Å²) in [6.45, 7) is 1.52. The summed E-state index contributed by atoms with van der Waals surface area (Å²) in [5.41, 5.74) is 0. The van der Waals surface area contributed by atoms with Crippen molar-refractivity contribution in [1.29, 1.82) is 0 Å². The van der Waals surface area contributed by atoms with Crippen LogP contribution in [0.3, 0.4) is 0 Å². The zero-order chi connectivity index (χ0) is 6.57. The Morgan fingerprint density at radius 3 is 2.00 bits per heavy atom. The van der Waals surface area contributed by atoms with Gasteiger partial charge in [0.25, 0.3) is 0 Å². The molecule has 6 heteroatoms. The van der Waals surface area contributed by atoms with E-state index in [0.29, 0.717) is 0 Å². The summed E-state index contributed by atoms with van der Waals surface area (Å²) < 4.78 is 3.68. The molecular formula is C4H10Ca2O4. The number of esters is 1. The molecule has 0 bridgehead atoms. The van der Waals surface area contributed by atoms with E-state index >= 15 is 0 Å². The average Bonchev–Trinajstić information content (AvgIpc) is 1.65. The minimum Gasteiger partial charge on any atom is -1.00 e. The molecular weight excluding hydrogens is 192 g/mol. The van der Waals surface area contributed by atoms with Gasteiger partial charge in [-0.05, 0) is 0 Å². The van der Waals surface area contributed by atoms with E-state index in [1.807, 2.05) is 0 Å². The maximum atomic E-state index is 10.0. The van der Waals surface area contributed by atoms with Gasteiger partial charge in [-0.2, -0.15) is 0 Å². The normalized spacial score (nSPS) is 6.50. The van der Waals surface area contributed by atoms with Crippen molar-refractivity contribution >= 4 is 87.6 Å². The summed E-state index contributed by atoms with van der Waals surface area (Å²) in [6.07, 6.45) is -1.45. The Hall–Kier alpha value is 1.46. The second kappa shape index (κ2) is 10.5.